The van der Waals surface area contributed by atoms with Gasteiger partial charge in [-0.15, -0.1) is 24.8 Å². The van der Waals surface area contributed by atoms with Crippen molar-refractivity contribution in [1.29, 1.82) is 0 Å². The van der Waals surface area contributed by atoms with E-state index < -0.39 is 0 Å². The van der Waals surface area contributed by atoms with Gasteiger partial charge in [0.05, 0.1) is 0 Å². The van der Waals surface area contributed by atoms with Gasteiger partial charge in [-0.25, -0.2) is 0 Å². The van der Waals surface area contributed by atoms with E-state index in [1.807, 2.05) is 6.92 Å². The summed E-state index contributed by atoms with van der Waals surface area (Å²) in [5, 5.41) is 0. The first-order valence-corrected chi connectivity index (χ1v) is 5.50. The Morgan fingerprint density at radius 2 is 2.13 bits per heavy atom. The van der Waals surface area contributed by atoms with Crippen LogP contribution in [0, 0.1) is 0 Å². The normalized spacial score (nSPS) is 8.67. The molecule has 3 N–H and O–H groups in total. The van der Waals surface area contributed by atoms with Crippen molar-refractivity contribution in [2.75, 3.05) is 25.4 Å². The molecule has 0 amide bonds. The number of hydrogen-bond acceptors (Lipinski definition) is 5. The Hall–Kier alpha value is 0.320. The summed E-state index contributed by atoms with van der Waals surface area (Å²) in [6.07, 6.45) is 1.33. The van der Waals surface area contributed by atoms with Crippen molar-refractivity contribution in [3.05, 3.63) is 0 Å². The maximum absolute atomic E-state index is 10.9. The van der Waals surface area contributed by atoms with Crippen LogP contribution in [0.25, 0.3) is 0 Å². The standard InChI is InChI=1S/C8H18N2O2S.2ClH/c1-2-10-13-7-3-4-8(11)12-6-5-9;;/h10H,2-7,9H2,1H3;2*1H. The number of ether oxygens (including phenoxy) is 1. The van der Waals surface area contributed by atoms with Gasteiger partial charge in [0.25, 0.3) is 0 Å². The first kappa shape index (κ1) is 20.7. The first-order valence-electron chi connectivity index (χ1n) is 4.51. The molecule has 0 fully saturated rings. The molecule has 0 unspecified atom stereocenters. The van der Waals surface area contributed by atoms with Gasteiger partial charge in [-0.2, -0.15) is 0 Å². The van der Waals surface area contributed by atoms with Gasteiger partial charge < -0.3 is 10.5 Å². The second kappa shape index (κ2) is 16.7. The molecule has 0 saturated carbocycles. The highest BCUT2D eigenvalue weighted by Crippen LogP contribution is 2.00. The predicted octanol–water partition coefficient (Wildman–Crippen LogP) is 1.37. The number of rotatable bonds is 8. The quantitative estimate of drug-likeness (QED) is 0.399. The van der Waals surface area contributed by atoms with Crippen LogP contribution in [0.4, 0.5) is 0 Å². The monoisotopic (exact) mass is 278 g/mol. The number of carbonyl (C=O) groups excluding carboxylic acids is 1. The molecule has 7 heteroatoms. The number of nitrogens with one attached hydrogen (secondary N) is 1. The highest BCUT2D eigenvalue weighted by atomic mass is 35.5. The lowest BCUT2D eigenvalue weighted by Gasteiger charge is -2.02. The van der Waals surface area contributed by atoms with Crippen LogP contribution in [0.2, 0.25) is 0 Å². The van der Waals surface area contributed by atoms with Crippen molar-refractivity contribution in [2.45, 2.75) is 19.8 Å². The van der Waals surface area contributed by atoms with Gasteiger partial charge in [0, 0.05) is 25.3 Å². The van der Waals surface area contributed by atoms with Crippen LogP contribution in [0.1, 0.15) is 19.8 Å². The largest absolute Gasteiger partial charge is 0.464 e. The van der Waals surface area contributed by atoms with E-state index in [1.165, 1.54) is 0 Å². The lowest BCUT2D eigenvalue weighted by atomic mass is 10.3. The van der Waals surface area contributed by atoms with Crippen molar-refractivity contribution in [3.8, 4) is 0 Å². The van der Waals surface area contributed by atoms with Crippen LogP contribution in [-0.4, -0.2) is 31.4 Å². The fraction of sp³-hybridized carbons (Fsp3) is 0.875. The summed E-state index contributed by atoms with van der Waals surface area (Å²) in [7, 11) is 0. The van der Waals surface area contributed by atoms with E-state index in [9.17, 15) is 4.79 Å². The molecule has 0 bridgehead atoms. The van der Waals surface area contributed by atoms with Crippen LogP contribution in [0.3, 0.4) is 0 Å². The molecule has 0 aromatic heterocycles. The molecule has 94 valence electrons. The van der Waals surface area contributed by atoms with Crippen LogP contribution in [-0.2, 0) is 9.53 Å². The summed E-state index contributed by atoms with van der Waals surface area (Å²) >= 11 is 1.64. The maximum atomic E-state index is 10.9. The van der Waals surface area contributed by atoms with Crippen LogP contribution < -0.4 is 10.5 Å². The topological polar surface area (TPSA) is 64.3 Å². The van der Waals surface area contributed by atoms with Crippen molar-refractivity contribution in [3.63, 3.8) is 0 Å². The lowest BCUT2D eigenvalue weighted by molar-refractivity contribution is -0.143. The molecule has 0 aromatic carbocycles. The molecule has 0 heterocycles. The minimum Gasteiger partial charge on any atom is -0.464 e. The summed E-state index contributed by atoms with van der Waals surface area (Å²) < 4.78 is 7.91. The molecular weight excluding hydrogens is 259 g/mol. The van der Waals surface area contributed by atoms with Crippen molar-refractivity contribution < 1.29 is 9.53 Å². The smallest absolute Gasteiger partial charge is 0.305 e. The molecule has 4 nitrogen and oxygen atoms in total. The Kier molecular flexibility index (Phi) is 23.1. The van der Waals surface area contributed by atoms with Crippen LogP contribution in [0.5, 0.6) is 0 Å². The highest BCUT2D eigenvalue weighted by Gasteiger charge is 2.00. The summed E-state index contributed by atoms with van der Waals surface area (Å²) in [6.45, 7) is 3.72. The number of halogens is 2. The SMILES string of the molecule is CCNSCCCC(=O)OCCN.Cl.Cl. The van der Waals surface area contributed by atoms with E-state index in [0.717, 1.165) is 18.7 Å². The number of esters is 1. The maximum Gasteiger partial charge on any atom is 0.305 e. The fourth-order valence-electron chi connectivity index (χ4n) is 0.708. The van der Waals surface area contributed by atoms with E-state index >= 15 is 0 Å². The van der Waals surface area contributed by atoms with E-state index in [4.69, 9.17) is 10.5 Å². The molecule has 0 saturated heterocycles. The third-order valence-electron chi connectivity index (χ3n) is 1.25. The van der Waals surface area contributed by atoms with E-state index in [2.05, 4.69) is 4.72 Å². The second-order valence-corrected chi connectivity index (χ2v) is 3.44. The van der Waals surface area contributed by atoms with Gasteiger partial charge in [0.2, 0.25) is 0 Å². The molecule has 0 atom stereocenters. The summed E-state index contributed by atoms with van der Waals surface area (Å²) in [6, 6.07) is 0. The Balaban J connectivity index is -0.000000720. The summed E-state index contributed by atoms with van der Waals surface area (Å²) in [5.41, 5.74) is 5.18. The van der Waals surface area contributed by atoms with Gasteiger partial charge in [0.15, 0.2) is 0 Å². The zero-order valence-corrected chi connectivity index (χ0v) is 11.3. The van der Waals surface area contributed by atoms with Gasteiger partial charge in [0.1, 0.15) is 6.61 Å². The van der Waals surface area contributed by atoms with Gasteiger partial charge in [-0.05, 0) is 6.42 Å². The van der Waals surface area contributed by atoms with E-state index in [0.29, 0.717) is 19.6 Å². The minimum atomic E-state index is -0.150. The van der Waals surface area contributed by atoms with Crippen LogP contribution >= 0.6 is 36.8 Å². The molecule has 0 aliphatic heterocycles. The molecule has 0 aliphatic rings. The number of nitrogens with two attached hydrogens (primary N) is 1. The average Bonchev–Trinajstić information content (AvgIpc) is 2.14. The third-order valence-corrected chi connectivity index (χ3v) is 2.24. The molecule has 0 spiro atoms. The fourth-order valence-corrected chi connectivity index (χ4v) is 1.34. The van der Waals surface area contributed by atoms with Gasteiger partial charge in [-0.3, -0.25) is 9.52 Å². The second-order valence-electron chi connectivity index (χ2n) is 2.46. The lowest BCUT2D eigenvalue weighted by Crippen LogP contribution is -2.13. The van der Waals surface area contributed by atoms with Gasteiger partial charge >= 0.3 is 5.97 Å². The van der Waals surface area contributed by atoms with Crippen molar-refractivity contribution >= 4 is 42.7 Å². The zero-order valence-electron chi connectivity index (χ0n) is 8.86. The molecule has 0 radical (unpaired) electrons. The summed E-state index contributed by atoms with van der Waals surface area (Å²) in [5.74, 6) is 0.786. The van der Waals surface area contributed by atoms with Crippen LogP contribution in [0.15, 0.2) is 0 Å². The summed E-state index contributed by atoms with van der Waals surface area (Å²) in [4.78, 5) is 10.9. The molecule has 0 rings (SSSR count). The zero-order chi connectivity index (χ0) is 9.94. The molecule has 0 aromatic rings. The Morgan fingerprint density at radius 3 is 2.67 bits per heavy atom. The number of hydrogen-bond donors (Lipinski definition) is 2. The minimum absolute atomic E-state index is 0. The first-order chi connectivity index (χ1) is 6.31. The third kappa shape index (κ3) is 17.0. The Bertz CT molecular complexity index is 142. The highest BCUT2D eigenvalue weighted by molar-refractivity contribution is 7.97. The Labute approximate surface area is 108 Å². The van der Waals surface area contributed by atoms with E-state index in [-0.39, 0.29) is 30.8 Å². The number of carbonyl (C=O) groups is 1. The van der Waals surface area contributed by atoms with Gasteiger partial charge in [-0.1, -0.05) is 18.9 Å². The van der Waals surface area contributed by atoms with E-state index in [1.54, 1.807) is 11.9 Å². The molecular formula is C8H20Cl2N2O2S. The predicted molar refractivity (Wildman–Crippen MR) is 69.9 cm³/mol. The molecule has 15 heavy (non-hydrogen) atoms. The Morgan fingerprint density at radius 1 is 1.47 bits per heavy atom. The van der Waals surface area contributed by atoms with Crippen molar-refractivity contribution in [2.24, 2.45) is 5.73 Å². The van der Waals surface area contributed by atoms with Crippen molar-refractivity contribution in [1.82, 2.24) is 4.72 Å². The average molecular weight is 279 g/mol. The molecule has 0 aliphatic carbocycles.